The minimum absolute atomic E-state index is 0.151. The van der Waals surface area contributed by atoms with E-state index in [0.717, 1.165) is 38.5 Å². The van der Waals surface area contributed by atoms with Gasteiger partial charge in [0, 0.05) is 29.9 Å². The Balaban J connectivity index is 1.51. The standard InChI is InChI=1S/C28H40F2N4O4/c1-28(2,3)25(32-26(36)18(15-33(38)16-35)12-17-6-4-5-7-17)27(37)31-23-10-11-34(19-8-9-19)24-14-22(30)21(29)13-20(23)24/h13-14,16-19,23,25,38H,4-12,15H2,1-3H3,(H,31,37)(H,32,36)/t18-,23?,25-/m1/s1. The van der Waals surface area contributed by atoms with Crippen LogP contribution >= 0.6 is 0 Å². The molecule has 0 bridgehead atoms. The van der Waals surface area contributed by atoms with Crippen molar-refractivity contribution in [1.29, 1.82) is 0 Å². The Morgan fingerprint density at radius 1 is 1.11 bits per heavy atom. The first-order valence-corrected chi connectivity index (χ1v) is 13.7. The Bertz CT molecular complexity index is 1040. The number of carbonyl (C=O) groups is 3. The lowest BCUT2D eigenvalue weighted by atomic mass is 9.84. The molecule has 3 amide bonds. The van der Waals surface area contributed by atoms with Crippen molar-refractivity contribution in [3.05, 3.63) is 29.3 Å². The molecule has 0 radical (unpaired) electrons. The van der Waals surface area contributed by atoms with Crippen molar-refractivity contribution >= 4 is 23.9 Å². The highest BCUT2D eigenvalue weighted by Gasteiger charge is 2.40. The summed E-state index contributed by atoms with van der Waals surface area (Å²) in [5.74, 6) is -3.02. The predicted octanol–water partition coefficient (Wildman–Crippen LogP) is 4.07. The van der Waals surface area contributed by atoms with Gasteiger partial charge in [0.25, 0.3) is 0 Å². The molecule has 0 spiro atoms. The molecular weight excluding hydrogens is 494 g/mol. The van der Waals surface area contributed by atoms with E-state index < -0.39 is 46.9 Å². The maximum Gasteiger partial charge on any atom is 0.243 e. The number of halogens is 2. The number of nitrogens with zero attached hydrogens (tertiary/aromatic N) is 2. The summed E-state index contributed by atoms with van der Waals surface area (Å²) in [6.07, 6.45) is 7.51. The zero-order valence-electron chi connectivity index (χ0n) is 22.5. The summed E-state index contributed by atoms with van der Waals surface area (Å²) in [4.78, 5) is 40.1. The van der Waals surface area contributed by atoms with Crippen molar-refractivity contribution in [3.8, 4) is 0 Å². The lowest BCUT2D eigenvalue weighted by Gasteiger charge is -2.38. The van der Waals surface area contributed by atoms with E-state index in [2.05, 4.69) is 15.5 Å². The Morgan fingerprint density at radius 3 is 2.37 bits per heavy atom. The van der Waals surface area contributed by atoms with Crippen LogP contribution in [0.25, 0.3) is 0 Å². The van der Waals surface area contributed by atoms with Crippen LogP contribution in [-0.2, 0) is 14.4 Å². The van der Waals surface area contributed by atoms with Crippen LogP contribution in [0.3, 0.4) is 0 Å². The minimum atomic E-state index is -0.959. The first kappa shape index (κ1) is 28.3. The molecule has 0 saturated heterocycles. The fourth-order valence-corrected chi connectivity index (χ4v) is 5.91. The zero-order chi connectivity index (χ0) is 27.6. The molecule has 10 heteroatoms. The molecule has 1 aromatic rings. The molecule has 2 fully saturated rings. The molecule has 0 aromatic heterocycles. The Hall–Kier alpha value is -2.75. The van der Waals surface area contributed by atoms with Crippen LogP contribution in [-0.4, -0.2) is 53.7 Å². The molecule has 210 valence electrons. The lowest BCUT2D eigenvalue weighted by Crippen LogP contribution is -2.56. The number of hydrogen-bond acceptors (Lipinski definition) is 5. The van der Waals surface area contributed by atoms with E-state index in [1.807, 2.05) is 20.8 Å². The normalized spacial score (nSPS) is 21.4. The summed E-state index contributed by atoms with van der Waals surface area (Å²) in [5.41, 5.74) is 0.482. The number of hydroxylamine groups is 2. The largest absolute Gasteiger partial charge is 0.368 e. The fourth-order valence-electron chi connectivity index (χ4n) is 5.91. The second-order valence-electron chi connectivity index (χ2n) is 12.2. The number of anilines is 1. The Morgan fingerprint density at radius 2 is 1.76 bits per heavy atom. The first-order valence-electron chi connectivity index (χ1n) is 13.7. The lowest BCUT2D eigenvalue weighted by molar-refractivity contribution is -0.155. The first-order chi connectivity index (χ1) is 18.0. The number of benzene rings is 1. The molecule has 3 aliphatic rings. The van der Waals surface area contributed by atoms with Crippen molar-refractivity contribution in [2.75, 3.05) is 18.0 Å². The van der Waals surface area contributed by atoms with Crippen molar-refractivity contribution in [1.82, 2.24) is 15.7 Å². The van der Waals surface area contributed by atoms with Gasteiger partial charge in [-0.15, -0.1) is 0 Å². The van der Waals surface area contributed by atoms with Crippen molar-refractivity contribution < 1.29 is 28.4 Å². The molecule has 2 saturated carbocycles. The van der Waals surface area contributed by atoms with Crippen LogP contribution in [0.2, 0.25) is 0 Å². The molecule has 38 heavy (non-hydrogen) atoms. The van der Waals surface area contributed by atoms with Crippen LogP contribution in [0.4, 0.5) is 14.5 Å². The van der Waals surface area contributed by atoms with Crippen LogP contribution in [0.1, 0.15) is 83.7 Å². The van der Waals surface area contributed by atoms with Crippen molar-refractivity contribution in [3.63, 3.8) is 0 Å². The van der Waals surface area contributed by atoms with E-state index in [1.54, 1.807) is 0 Å². The van der Waals surface area contributed by atoms with E-state index in [0.29, 0.717) is 47.7 Å². The minimum Gasteiger partial charge on any atom is -0.368 e. The second-order valence-corrected chi connectivity index (χ2v) is 12.2. The molecule has 3 N–H and O–H groups in total. The summed E-state index contributed by atoms with van der Waals surface area (Å²) in [5, 5.41) is 16.2. The third-order valence-corrected chi connectivity index (χ3v) is 8.12. The SMILES string of the molecule is CC(C)(C)[C@H](NC(=O)[C@H](CC1CCCC1)CN(O)C=O)C(=O)NC1CCN(C2CC2)c2cc(F)c(F)cc21. The molecule has 1 aliphatic heterocycles. The highest BCUT2D eigenvalue weighted by molar-refractivity contribution is 5.89. The zero-order valence-corrected chi connectivity index (χ0v) is 22.5. The maximum atomic E-state index is 14.3. The van der Waals surface area contributed by atoms with E-state index in [9.17, 15) is 28.4 Å². The topological polar surface area (TPSA) is 102 Å². The maximum absolute atomic E-state index is 14.3. The monoisotopic (exact) mass is 534 g/mol. The third-order valence-electron chi connectivity index (χ3n) is 8.12. The average molecular weight is 535 g/mol. The van der Waals surface area contributed by atoms with Gasteiger partial charge >= 0.3 is 0 Å². The summed E-state index contributed by atoms with van der Waals surface area (Å²) in [6, 6.07) is 1.25. The Labute approximate surface area is 223 Å². The van der Waals surface area contributed by atoms with E-state index >= 15 is 0 Å². The summed E-state index contributed by atoms with van der Waals surface area (Å²) in [6.45, 7) is 5.98. The molecule has 1 unspecified atom stereocenters. The quantitative estimate of drug-likeness (QED) is 0.239. The van der Waals surface area contributed by atoms with E-state index in [4.69, 9.17) is 0 Å². The molecule has 1 aromatic carbocycles. The highest BCUT2D eigenvalue weighted by atomic mass is 19.2. The van der Waals surface area contributed by atoms with Gasteiger partial charge in [-0.2, -0.15) is 0 Å². The van der Waals surface area contributed by atoms with Gasteiger partial charge in [-0.25, -0.2) is 13.8 Å². The molecule has 4 rings (SSSR count). The van der Waals surface area contributed by atoms with Crippen LogP contribution < -0.4 is 15.5 Å². The number of carbonyl (C=O) groups excluding carboxylic acids is 3. The number of fused-ring (bicyclic) bond motifs is 1. The van der Waals surface area contributed by atoms with Crippen molar-refractivity contribution in [2.24, 2.45) is 17.3 Å². The molecule has 1 heterocycles. The van der Waals surface area contributed by atoms with Gasteiger partial charge in [-0.3, -0.25) is 19.6 Å². The van der Waals surface area contributed by atoms with Gasteiger partial charge < -0.3 is 15.5 Å². The molecule has 3 atom stereocenters. The van der Waals surface area contributed by atoms with Gasteiger partial charge in [0.15, 0.2) is 11.6 Å². The van der Waals surface area contributed by atoms with Crippen LogP contribution in [0.15, 0.2) is 12.1 Å². The average Bonchev–Trinajstić information content (AvgIpc) is 3.57. The summed E-state index contributed by atoms with van der Waals surface area (Å²) < 4.78 is 28.4. The second kappa shape index (κ2) is 11.6. The summed E-state index contributed by atoms with van der Waals surface area (Å²) >= 11 is 0. The molecular formula is C28H40F2N4O4. The summed E-state index contributed by atoms with van der Waals surface area (Å²) in [7, 11) is 0. The molecule has 8 nitrogen and oxygen atoms in total. The van der Waals surface area contributed by atoms with E-state index in [1.165, 1.54) is 12.1 Å². The Kier molecular flexibility index (Phi) is 8.59. The van der Waals surface area contributed by atoms with E-state index in [-0.39, 0.29) is 13.0 Å². The molecule has 2 aliphatic carbocycles. The third kappa shape index (κ3) is 6.62. The fraction of sp³-hybridized carbons (Fsp3) is 0.679. The van der Waals surface area contributed by atoms with Gasteiger partial charge in [0.1, 0.15) is 6.04 Å². The number of rotatable bonds is 10. The van der Waals surface area contributed by atoms with Gasteiger partial charge in [-0.1, -0.05) is 46.5 Å². The predicted molar refractivity (Wildman–Crippen MR) is 138 cm³/mol. The smallest absolute Gasteiger partial charge is 0.243 e. The highest BCUT2D eigenvalue weighted by Crippen LogP contribution is 2.41. The van der Waals surface area contributed by atoms with Crippen molar-refractivity contribution in [2.45, 2.75) is 90.3 Å². The van der Waals surface area contributed by atoms with Crippen LogP contribution in [0.5, 0.6) is 0 Å². The van der Waals surface area contributed by atoms with Gasteiger partial charge in [0.2, 0.25) is 18.2 Å². The number of nitrogens with one attached hydrogen (secondary N) is 2. The number of amides is 3. The van der Waals surface area contributed by atoms with Crippen LogP contribution in [0, 0.1) is 28.9 Å². The van der Waals surface area contributed by atoms with Gasteiger partial charge in [0.05, 0.1) is 18.5 Å². The van der Waals surface area contributed by atoms with Gasteiger partial charge in [-0.05, 0) is 43.1 Å². The number of hydrogen-bond donors (Lipinski definition) is 3.